The van der Waals surface area contributed by atoms with Gasteiger partial charge in [-0.05, 0) is 13.8 Å². The van der Waals surface area contributed by atoms with Gasteiger partial charge in [0.1, 0.15) is 0 Å². The second kappa shape index (κ2) is 6.67. The molecule has 0 aromatic carbocycles. The zero-order valence-corrected chi connectivity index (χ0v) is 9.37. The molecule has 0 fully saturated rings. The zero-order chi connectivity index (χ0) is 10.3. The highest BCUT2D eigenvalue weighted by atomic mass is 28.3. The van der Waals surface area contributed by atoms with Crippen molar-refractivity contribution in [3.8, 4) is 0 Å². The molecule has 0 aliphatic rings. The molecule has 0 aliphatic heterocycles. The Morgan fingerprint density at radius 1 is 1.08 bits per heavy atom. The van der Waals surface area contributed by atoms with Crippen LogP contribution in [0.5, 0.6) is 0 Å². The summed E-state index contributed by atoms with van der Waals surface area (Å²) in [6.07, 6.45) is 0. The zero-order valence-electron chi connectivity index (χ0n) is 8.22. The normalized spacial score (nSPS) is 9.85. The summed E-state index contributed by atoms with van der Waals surface area (Å²) in [6, 6.07) is 0. The van der Waals surface area contributed by atoms with Gasteiger partial charge in [-0.25, -0.2) is 0 Å². The Morgan fingerprint density at radius 3 is 1.69 bits per heavy atom. The quantitative estimate of drug-likeness (QED) is 0.466. The number of hydrogen-bond acceptors (Lipinski definition) is 5. The maximum Gasteiger partial charge on any atom is 0.527 e. The first-order valence-electron chi connectivity index (χ1n) is 3.73. The molecule has 0 spiro atoms. The van der Waals surface area contributed by atoms with Crippen molar-refractivity contribution in [1.29, 1.82) is 0 Å². The average molecular weight is 204 g/mol. The summed E-state index contributed by atoms with van der Waals surface area (Å²) in [4.78, 5) is 0. The molecule has 2 N–H and O–H groups in total. The third kappa shape index (κ3) is 7.53. The van der Waals surface area contributed by atoms with Gasteiger partial charge in [-0.15, -0.1) is 0 Å². The predicted molar refractivity (Wildman–Crippen MR) is 52.2 cm³/mol. The highest BCUT2D eigenvalue weighted by Crippen LogP contribution is 1.89. The molecule has 13 heavy (non-hydrogen) atoms. The third-order valence-corrected chi connectivity index (χ3v) is 1.86. The molecule has 5 nitrogen and oxygen atoms in total. The molecule has 76 valence electrons. The fourth-order valence-corrected chi connectivity index (χ4v) is 1.25. The van der Waals surface area contributed by atoms with Crippen LogP contribution in [0, 0.1) is 0 Å². The van der Waals surface area contributed by atoms with Gasteiger partial charge in [0.15, 0.2) is 0 Å². The third-order valence-electron chi connectivity index (χ3n) is 0.851. The lowest BCUT2D eigenvalue weighted by molar-refractivity contribution is 0.0491. The summed E-state index contributed by atoms with van der Waals surface area (Å²) in [5, 5.41) is 0. The maximum atomic E-state index is 5.04. The summed E-state index contributed by atoms with van der Waals surface area (Å²) in [5.41, 5.74) is 6.51. The summed E-state index contributed by atoms with van der Waals surface area (Å²) in [7, 11) is -0.658. The minimum Gasteiger partial charge on any atom is -0.377 e. The highest BCUT2D eigenvalue weighted by molar-refractivity contribution is 6.35. The average Bonchev–Trinajstić information content (AvgIpc) is 2.04. The second-order valence-corrected chi connectivity index (χ2v) is 4.05. The molecule has 0 bridgehead atoms. The van der Waals surface area contributed by atoms with Crippen LogP contribution in [0.15, 0.2) is 24.6 Å². The maximum absolute atomic E-state index is 5.04. The van der Waals surface area contributed by atoms with E-state index in [4.69, 9.17) is 13.5 Å². The monoisotopic (exact) mass is 204 g/mol. The lowest BCUT2D eigenvalue weighted by atomic mass is 10.6. The molecular formula is C7H16N2O3Si. The molecule has 0 atom stereocenters. The van der Waals surface area contributed by atoms with E-state index in [1.807, 2.05) is 0 Å². The van der Waals surface area contributed by atoms with Gasteiger partial charge in [0.25, 0.3) is 0 Å². The number of hydrogen-bond donors (Lipinski definition) is 2. The van der Waals surface area contributed by atoms with Crippen LogP contribution >= 0.6 is 0 Å². The van der Waals surface area contributed by atoms with Gasteiger partial charge in [0.2, 0.25) is 0 Å². The Morgan fingerprint density at radius 2 is 1.46 bits per heavy atom. The molecular weight excluding hydrogens is 188 g/mol. The minimum absolute atomic E-state index is 0.688. The van der Waals surface area contributed by atoms with Crippen molar-refractivity contribution in [2.75, 3.05) is 7.11 Å². The van der Waals surface area contributed by atoms with Crippen molar-refractivity contribution in [3.05, 3.63) is 24.6 Å². The molecule has 0 radical (unpaired) electrons. The van der Waals surface area contributed by atoms with Gasteiger partial charge in [-0.3, -0.25) is 20.0 Å². The first-order chi connectivity index (χ1) is 6.06. The van der Waals surface area contributed by atoms with Crippen molar-refractivity contribution in [3.63, 3.8) is 0 Å². The second-order valence-electron chi connectivity index (χ2n) is 2.52. The van der Waals surface area contributed by atoms with Crippen LogP contribution in [-0.2, 0) is 13.5 Å². The van der Waals surface area contributed by atoms with Gasteiger partial charge in [0, 0.05) is 18.5 Å². The predicted octanol–water partition coefficient (Wildman–Crippen LogP) is 0.460. The molecule has 6 heteroatoms. The van der Waals surface area contributed by atoms with Crippen LogP contribution < -0.4 is 11.0 Å². The molecule has 0 saturated heterocycles. The Kier molecular flexibility index (Phi) is 6.24. The lowest BCUT2D eigenvalue weighted by Crippen LogP contribution is -2.36. The Hall–Kier alpha value is -0.823. The van der Waals surface area contributed by atoms with Crippen molar-refractivity contribution >= 4 is 9.53 Å². The van der Waals surface area contributed by atoms with Crippen molar-refractivity contribution in [1.82, 2.24) is 11.0 Å². The number of nitrogens with one attached hydrogen (secondary N) is 2. The number of hydroxylamine groups is 2. The number of allylic oxidation sites excluding steroid dienone is 2. The van der Waals surface area contributed by atoms with Crippen LogP contribution in [0.3, 0.4) is 0 Å². The Labute approximate surface area is 80.2 Å². The van der Waals surface area contributed by atoms with E-state index in [1.54, 1.807) is 13.8 Å². The van der Waals surface area contributed by atoms with Crippen LogP contribution in [0.4, 0.5) is 0 Å². The van der Waals surface area contributed by atoms with Crippen molar-refractivity contribution in [2.45, 2.75) is 13.8 Å². The number of rotatable bonds is 7. The largest absolute Gasteiger partial charge is 0.527 e. The molecule has 0 heterocycles. The van der Waals surface area contributed by atoms with E-state index in [1.165, 1.54) is 7.11 Å². The van der Waals surface area contributed by atoms with Crippen molar-refractivity contribution in [2.24, 2.45) is 0 Å². The Bertz CT molecular complexity index is 169. The van der Waals surface area contributed by atoms with E-state index in [2.05, 4.69) is 24.1 Å². The van der Waals surface area contributed by atoms with Crippen LogP contribution in [0.25, 0.3) is 0 Å². The van der Waals surface area contributed by atoms with E-state index in [9.17, 15) is 0 Å². The topological polar surface area (TPSA) is 51.8 Å². The molecule has 0 amide bonds. The summed E-state index contributed by atoms with van der Waals surface area (Å²) in [6.45, 7) is 10.7. The summed E-state index contributed by atoms with van der Waals surface area (Å²) >= 11 is 0. The standard InChI is InChI=1S/C7H16N2O3Si/c1-6(2)8-11-13(10-5)12-9-7(3)4/h8-9,13H,1,3H2,2,4-5H3. The molecule has 0 saturated carbocycles. The summed E-state index contributed by atoms with van der Waals surface area (Å²) in [5.74, 6) is 0. The van der Waals surface area contributed by atoms with Gasteiger partial charge in [-0.2, -0.15) is 0 Å². The van der Waals surface area contributed by atoms with E-state index in [-0.39, 0.29) is 0 Å². The van der Waals surface area contributed by atoms with Gasteiger partial charge < -0.3 is 4.43 Å². The highest BCUT2D eigenvalue weighted by Gasteiger charge is 2.13. The minimum atomic E-state index is -2.17. The van der Waals surface area contributed by atoms with Crippen LogP contribution in [0.2, 0.25) is 0 Å². The first-order valence-corrected chi connectivity index (χ1v) is 5.14. The summed E-state index contributed by atoms with van der Waals surface area (Å²) < 4.78 is 15.0. The Balaban J connectivity index is 3.63. The smallest absolute Gasteiger partial charge is 0.377 e. The van der Waals surface area contributed by atoms with Gasteiger partial charge in [0.05, 0.1) is 0 Å². The fourth-order valence-electron chi connectivity index (χ4n) is 0.418. The van der Waals surface area contributed by atoms with E-state index in [0.29, 0.717) is 11.4 Å². The molecule has 0 aromatic rings. The van der Waals surface area contributed by atoms with Crippen molar-refractivity contribution < 1.29 is 13.5 Å². The van der Waals surface area contributed by atoms with Crippen LogP contribution in [-0.4, -0.2) is 16.6 Å². The van der Waals surface area contributed by atoms with E-state index < -0.39 is 9.53 Å². The first kappa shape index (κ1) is 12.2. The SMILES string of the molecule is C=C(C)NO[SiH](OC)ONC(=C)C. The van der Waals surface area contributed by atoms with Gasteiger partial charge >= 0.3 is 9.53 Å². The van der Waals surface area contributed by atoms with E-state index >= 15 is 0 Å². The van der Waals surface area contributed by atoms with E-state index in [0.717, 1.165) is 0 Å². The molecule has 0 aromatic heterocycles. The van der Waals surface area contributed by atoms with Gasteiger partial charge in [-0.1, -0.05) is 13.2 Å². The molecule has 0 aliphatic carbocycles. The lowest BCUT2D eigenvalue weighted by Gasteiger charge is -2.15. The fraction of sp³-hybridized carbons (Fsp3) is 0.429. The molecule has 0 unspecified atom stereocenters. The van der Waals surface area contributed by atoms with Crippen LogP contribution in [0.1, 0.15) is 13.8 Å². The molecule has 0 rings (SSSR count).